The summed E-state index contributed by atoms with van der Waals surface area (Å²) in [6, 6.07) is 0.502. The van der Waals surface area contributed by atoms with Crippen LogP contribution < -0.4 is 0 Å². The number of nitrogens with zero attached hydrogens (tertiary/aromatic N) is 1. The van der Waals surface area contributed by atoms with Gasteiger partial charge in [-0.3, -0.25) is 9.69 Å². The lowest BCUT2D eigenvalue weighted by atomic mass is 9.99. The highest BCUT2D eigenvalue weighted by Gasteiger charge is 2.37. The number of carboxylic acids is 1. The van der Waals surface area contributed by atoms with E-state index < -0.39 is 5.97 Å². The minimum atomic E-state index is -0.638. The first-order chi connectivity index (χ1) is 6.97. The van der Waals surface area contributed by atoms with Crippen LogP contribution in [0, 0.1) is 17.8 Å². The van der Waals surface area contributed by atoms with Crippen LogP contribution in [0.25, 0.3) is 0 Å². The molecule has 1 fully saturated rings. The smallest absolute Gasteiger partial charge is 0.308 e. The molecule has 1 rings (SSSR count). The first-order valence-electron chi connectivity index (χ1n) is 5.94. The molecule has 0 spiro atoms. The van der Waals surface area contributed by atoms with Crippen LogP contribution in [0.5, 0.6) is 0 Å². The third kappa shape index (κ3) is 2.71. The number of rotatable bonds is 4. The molecule has 0 aromatic carbocycles. The fourth-order valence-electron chi connectivity index (χ4n) is 2.36. The van der Waals surface area contributed by atoms with E-state index in [0.717, 1.165) is 19.5 Å². The average molecular weight is 213 g/mol. The van der Waals surface area contributed by atoms with Gasteiger partial charge in [-0.1, -0.05) is 27.2 Å². The van der Waals surface area contributed by atoms with E-state index in [9.17, 15) is 4.79 Å². The van der Waals surface area contributed by atoms with Gasteiger partial charge in [-0.2, -0.15) is 0 Å². The van der Waals surface area contributed by atoms with Gasteiger partial charge in [0.25, 0.3) is 0 Å². The summed E-state index contributed by atoms with van der Waals surface area (Å²) < 4.78 is 0. The van der Waals surface area contributed by atoms with Gasteiger partial charge in [-0.15, -0.1) is 0 Å². The molecule has 0 aromatic heterocycles. The van der Waals surface area contributed by atoms with Crippen molar-refractivity contribution in [1.29, 1.82) is 0 Å². The zero-order chi connectivity index (χ0) is 11.6. The molecule has 88 valence electrons. The summed E-state index contributed by atoms with van der Waals surface area (Å²) in [6.07, 6.45) is 1.16. The molecule has 1 aliphatic rings. The highest BCUT2D eigenvalue weighted by molar-refractivity contribution is 5.71. The summed E-state index contributed by atoms with van der Waals surface area (Å²) >= 11 is 0. The Morgan fingerprint density at radius 3 is 2.47 bits per heavy atom. The quantitative estimate of drug-likeness (QED) is 0.777. The maximum absolute atomic E-state index is 11.0. The van der Waals surface area contributed by atoms with Crippen LogP contribution in [0.1, 0.15) is 34.1 Å². The van der Waals surface area contributed by atoms with E-state index >= 15 is 0 Å². The number of aliphatic carboxylic acids is 1. The van der Waals surface area contributed by atoms with Gasteiger partial charge >= 0.3 is 5.97 Å². The van der Waals surface area contributed by atoms with Gasteiger partial charge in [0.2, 0.25) is 0 Å². The average Bonchev–Trinajstić information content (AvgIpc) is 2.58. The summed E-state index contributed by atoms with van der Waals surface area (Å²) in [6.45, 7) is 10.3. The molecule has 1 N–H and O–H groups in total. The number of carbonyl (C=O) groups is 1. The first-order valence-corrected chi connectivity index (χ1v) is 5.94. The van der Waals surface area contributed by atoms with Gasteiger partial charge in [-0.25, -0.2) is 0 Å². The van der Waals surface area contributed by atoms with Crippen LogP contribution in [-0.4, -0.2) is 35.1 Å². The zero-order valence-electron chi connectivity index (χ0n) is 10.2. The molecular formula is C12H23NO2. The number of carboxylic acid groups (broad SMARTS) is 1. The van der Waals surface area contributed by atoms with Crippen LogP contribution in [-0.2, 0) is 4.79 Å². The molecule has 15 heavy (non-hydrogen) atoms. The van der Waals surface area contributed by atoms with Crippen molar-refractivity contribution in [3.63, 3.8) is 0 Å². The summed E-state index contributed by atoms with van der Waals surface area (Å²) in [5, 5.41) is 9.05. The minimum Gasteiger partial charge on any atom is -0.481 e. The lowest BCUT2D eigenvalue weighted by Crippen LogP contribution is -2.36. The van der Waals surface area contributed by atoms with Crippen LogP contribution >= 0.6 is 0 Å². The normalized spacial score (nSPS) is 31.5. The van der Waals surface area contributed by atoms with E-state index in [1.54, 1.807) is 0 Å². The molecule has 1 heterocycles. The maximum Gasteiger partial charge on any atom is 0.308 e. The maximum atomic E-state index is 11.0. The molecule has 0 amide bonds. The Bertz CT molecular complexity index is 230. The van der Waals surface area contributed by atoms with Gasteiger partial charge in [0.05, 0.1) is 5.92 Å². The molecule has 1 saturated heterocycles. The third-order valence-corrected chi connectivity index (χ3v) is 4.00. The second-order valence-corrected chi connectivity index (χ2v) is 5.00. The Morgan fingerprint density at radius 2 is 2.07 bits per heavy atom. The summed E-state index contributed by atoms with van der Waals surface area (Å²) in [5.41, 5.74) is 0. The third-order valence-electron chi connectivity index (χ3n) is 4.00. The fraction of sp³-hybridized carbons (Fsp3) is 0.917. The van der Waals surface area contributed by atoms with Crippen molar-refractivity contribution in [2.45, 2.75) is 40.2 Å². The van der Waals surface area contributed by atoms with Gasteiger partial charge in [0, 0.05) is 19.1 Å². The van der Waals surface area contributed by atoms with E-state index in [1.807, 2.05) is 6.92 Å². The first kappa shape index (κ1) is 12.5. The van der Waals surface area contributed by atoms with Gasteiger partial charge in [-0.05, 0) is 18.8 Å². The van der Waals surface area contributed by atoms with E-state index in [0.29, 0.717) is 12.0 Å². The standard InChI is InChI=1S/C12H23NO2/c1-5-8(2)10(4)13-6-9(3)11(7-13)12(14)15/h8-11H,5-7H2,1-4H3,(H,14,15)/t8?,9-,10?,11-/m1/s1. The summed E-state index contributed by atoms with van der Waals surface area (Å²) in [7, 11) is 0. The minimum absolute atomic E-state index is 0.170. The zero-order valence-corrected chi connectivity index (χ0v) is 10.2. The van der Waals surface area contributed by atoms with Crippen molar-refractivity contribution in [1.82, 2.24) is 4.90 Å². The van der Waals surface area contributed by atoms with Crippen molar-refractivity contribution in [3.05, 3.63) is 0 Å². The molecular weight excluding hydrogens is 190 g/mol. The Labute approximate surface area is 92.5 Å². The van der Waals surface area contributed by atoms with Crippen molar-refractivity contribution < 1.29 is 9.90 Å². The molecule has 0 bridgehead atoms. The molecule has 1 aliphatic heterocycles. The molecule has 0 saturated carbocycles. The Morgan fingerprint density at radius 1 is 1.47 bits per heavy atom. The van der Waals surface area contributed by atoms with E-state index in [-0.39, 0.29) is 11.8 Å². The highest BCUT2D eigenvalue weighted by atomic mass is 16.4. The molecule has 2 unspecified atom stereocenters. The summed E-state index contributed by atoms with van der Waals surface area (Å²) in [4.78, 5) is 13.3. The predicted octanol–water partition coefficient (Wildman–Crippen LogP) is 2.07. The Hall–Kier alpha value is -0.570. The number of likely N-dealkylation sites (tertiary alicyclic amines) is 1. The second-order valence-electron chi connectivity index (χ2n) is 5.00. The fourth-order valence-corrected chi connectivity index (χ4v) is 2.36. The van der Waals surface area contributed by atoms with Crippen molar-refractivity contribution in [3.8, 4) is 0 Å². The van der Waals surface area contributed by atoms with Crippen LogP contribution in [0.2, 0.25) is 0 Å². The lowest BCUT2D eigenvalue weighted by Gasteiger charge is -2.29. The van der Waals surface area contributed by atoms with Crippen LogP contribution in [0.4, 0.5) is 0 Å². The molecule has 0 radical (unpaired) electrons. The van der Waals surface area contributed by atoms with Gasteiger partial charge < -0.3 is 5.11 Å². The van der Waals surface area contributed by atoms with Crippen LogP contribution in [0.15, 0.2) is 0 Å². The van der Waals surface area contributed by atoms with Crippen molar-refractivity contribution in [2.75, 3.05) is 13.1 Å². The SMILES string of the molecule is CCC(C)C(C)N1C[C@@H](C)[C@H](C(=O)O)C1. The van der Waals surface area contributed by atoms with E-state index in [1.165, 1.54) is 0 Å². The topological polar surface area (TPSA) is 40.5 Å². The van der Waals surface area contributed by atoms with E-state index in [2.05, 4.69) is 25.7 Å². The van der Waals surface area contributed by atoms with Gasteiger partial charge in [0.1, 0.15) is 0 Å². The lowest BCUT2D eigenvalue weighted by molar-refractivity contribution is -0.142. The second kappa shape index (κ2) is 4.97. The number of hydrogen-bond donors (Lipinski definition) is 1. The molecule has 0 aliphatic carbocycles. The summed E-state index contributed by atoms with van der Waals surface area (Å²) in [5.74, 6) is 0.122. The van der Waals surface area contributed by atoms with Crippen molar-refractivity contribution in [2.24, 2.45) is 17.8 Å². The Kier molecular flexibility index (Phi) is 4.14. The monoisotopic (exact) mass is 213 g/mol. The molecule has 4 atom stereocenters. The van der Waals surface area contributed by atoms with Crippen LogP contribution in [0.3, 0.4) is 0 Å². The predicted molar refractivity (Wildman–Crippen MR) is 60.8 cm³/mol. The highest BCUT2D eigenvalue weighted by Crippen LogP contribution is 2.27. The number of hydrogen-bond acceptors (Lipinski definition) is 2. The van der Waals surface area contributed by atoms with E-state index in [4.69, 9.17) is 5.11 Å². The molecule has 0 aromatic rings. The largest absolute Gasteiger partial charge is 0.481 e. The Balaban J connectivity index is 2.57. The molecule has 3 nitrogen and oxygen atoms in total. The molecule has 3 heteroatoms. The van der Waals surface area contributed by atoms with Crippen molar-refractivity contribution >= 4 is 5.97 Å². The van der Waals surface area contributed by atoms with Gasteiger partial charge in [0.15, 0.2) is 0 Å².